The van der Waals surface area contributed by atoms with E-state index >= 15 is 0 Å². The van der Waals surface area contributed by atoms with Gasteiger partial charge in [0.15, 0.2) is 0 Å². The molecule has 0 saturated carbocycles. The Balaban J connectivity index is 3.21. The first kappa shape index (κ1) is 13.2. The standard InChI is InChI=1S/C4H6O2S6/c1-5-3(7)9-11-12-10-4(8)6-2/h1-2H3. The van der Waals surface area contributed by atoms with Crippen LogP contribution in [-0.4, -0.2) is 23.0 Å². The predicted molar refractivity (Wildman–Crippen MR) is 69.6 cm³/mol. The molecule has 12 heavy (non-hydrogen) atoms. The van der Waals surface area contributed by atoms with Crippen LogP contribution in [0.2, 0.25) is 0 Å². The van der Waals surface area contributed by atoms with Gasteiger partial charge in [0.1, 0.15) is 0 Å². The van der Waals surface area contributed by atoms with Crippen LogP contribution in [0.3, 0.4) is 0 Å². The minimum Gasteiger partial charge on any atom is -0.481 e. The van der Waals surface area contributed by atoms with E-state index in [1.807, 2.05) is 0 Å². The molecule has 0 rings (SSSR count). The number of thiocarbonyl (C=S) groups is 2. The summed E-state index contributed by atoms with van der Waals surface area (Å²) in [5.74, 6) is 0. The molecule has 0 spiro atoms. The molecule has 0 N–H and O–H groups in total. The van der Waals surface area contributed by atoms with Crippen molar-refractivity contribution in [3.63, 3.8) is 0 Å². The van der Waals surface area contributed by atoms with Crippen molar-refractivity contribution < 1.29 is 9.47 Å². The lowest BCUT2D eigenvalue weighted by Gasteiger charge is -2.00. The molecule has 0 aliphatic rings. The zero-order chi connectivity index (χ0) is 9.40. The van der Waals surface area contributed by atoms with E-state index in [2.05, 4.69) is 0 Å². The molecule has 0 aliphatic heterocycles. The van der Waals surface area contributed by atoms with Crippen LogP contribution in [0.5, 0.6) is 0 Å². The highest BCUT2D eigenvalue weighted by Gasteiger charge is 2.00. The quantitative estimate of drug-likeness (QED) is 0.438. The van der Waals surface area contributed by atoms with E-state index in [9.17, 15) is 0 Å². The Morgan fingerprint density at radius 3 is 1.50 bits per heavy atom. The number of ether oxygens (including phenoxy) is 2. The van der Waals surface area contributed by atoms with Crippen LogP contribution < -0.4 is 0 Å². The van der Waals surface area contributed by atoms with Crippen LogP contribution in [0.4, 0.5) is 0 Å². The minimum atomic E-state index is 0.511. The van der Waals surface area contributed by atoms with Gasteiger partial charge in [-0.25, -0.2) is 0 Å². The van der Waals surface area contributed by atoms with E-state index in [0.29, 0.717) is 8.77 Å². The van der Waals surface area contributed by atoms with Crippen molar-refractivity contribution in [1.82, 2.24) is 0 Å². The first-order valence-electron chi connectivity index (χ1n) is 2.54. The Kier molecular flexibility index (Phi) is 9.63. The highest BCUT2D eigenvalue weighted by atomic mass is 33.7. The molecule has 70 valence electrons. The Bertz CT molecular complexity index is 142. The third-order valence-electron chi connectivity index (χ3n) is 0.565. The zero-order valence-electron chi connectivity index (χ0n) is 6.27. The SMILES string of the molecule is COC(=S)SSSSC(=S)OC. The van der Waals surface area contributed by atoms with Crippen molar-refractivity contribution in [1.29, 1.82) is 0 Å². The Morgan fingerprint density at radius 1 is 0.917 bits per heavy atom. The molecule has 8 heteroatoms. The van der Waals surface area contributed by atoms with Gasteiger partial charge in [-0.05, 0) is 44.1 Å². The number of hydrogen-bond donors (Lipinski definition) is 0. The second-order valence-electron chi connectivity index (χ2n) is 1.21. The lowest BCUT2D eigenvalue weighted by Crippen LogP contribution is -1.86. The molecular weight excluding hydrogens is 272 g/mol. The molecule has 0 amide bonds. The fourth-order valence-electron chi connectivity index (χ4n) is 0.151. The lowest BCUT2D eigenvalue weighted by atomic mass is 11.5. The fraction of sp³-hybridized carbons (Fsp3) is 0.500. The molecular formula is C4H6O2S6. The Hall–Kier alpha value is 1.18. The second-order valence-corrected chi connectivity index (χ2v) is 8.08. The molecule has 0 unspecified atom stereocenters. The van der Waals surface area contributed by atoms with Gasteiger partial charge in [0.2, 0.25) is 8.77 Å². The van der Waals surface area contributed by atoms with E-state index in [1.54, 1.807) is 14.2 Å². The summed E-state index contributed by atoms with van der Waals surface area (Å²) in [5, 5.41) is 0. The van der Waals surface area contributed by atoms with Crippen molar-refractivity contribution in [3.05, 3.63) is 0 Å². The van der Waals surface area contributed by atoms with Crippen LogP contribution in [0, 0.1) is 0 Å². The van der Waals surface area contributed by atoms with Crippen molar-refractivity contribution in [2.45, 2.75) is 0 Å². The molecule has 0 saturated heterocycles. The van der Waals surface area contributed by atoms with Crippen molar-refractivity contribution in [3.8, 4) is 0 Å². The molecule has 0 aromatic heterocycles. The fourth-order valence-corrected chi connectivity index (χ4v) is 5.86. The van der Waals surface area contributed by atoms with Gasteiger partial charge < -0.3 is 9.47 Å². The summed E-state index contributed by atoms with van der Waals surface area (Å²) in [6.07, 6.45) is 0. The van der Waals surface area contributed by atoms with Gasteiger partial charge in [0, 0.05) is 21.6 Å². The summed E-state index contributed by atoms with van der Waals surface area (Å²) < 4.78 is 10.6. The van der Waals surface area contributed by atoms with E-state index < -0.39 is 0 Å². The van der Waals surface area contributed by atoms with Gasteiger partial charge >= 0.3 is 0 Å². The Morgan fingerprint density at radius 2 is 1.25 bits per heavy atom. The lowest BCUT2D eigenvalue weighted by molar-refractivity contribution is 0.426. The molecule has 0 aliphatic carbocycles. The smallest absolute Gasteiger partial charge is 0.231 e. The summed E-state index contributed by atoms with van der Waals surface area (Å²) in [6, 6.07) is 0. The highest BCUT2D eigenvalue weighted by Crippen LogP contribution is 2.44. The van der Waals surface area contributed by atoms with E-state index in [0.717, 1.165) is 0 Å². The van der Waals surface area contributed by atoms with Crippen LogP contribution in [0.15, 0.2) is 0 Å². The maximum absolute atomic E-state index is 4.80. The monoisotopic (exact) mass is 278 g/mol. The molecule has 0 heterocycles. The Labute approximate surface area is 97.5 Å². The van der Waals surface area contributed by atoms with E-state index in [-0.39, 0.29) is 0 Å². The maximum atomic E-state index is 4.80. The molecule has 0 atom stereocenters. The summed E-state index contributed by atoms with van der Waals surface area (Å²) in [5.41, 5.74) is 0. The molecule has 0 fully saturated rings. The summed E-state index contributed by atoms with van der Waals surface area (Å²) in [6.45, 7) is 0. The molecule has 2 nitrogen and oxygen atoms in total. The van der Waals surface area contributed by atoms with Crippen LogP contribution in [-0.2, 0) is 9.47 Å². The number of rotatable bonds is 3. The minimum absolute atomic E-state index is 0.511. The average Bonchev–Trinajstić information content (AvgIpc) is 2.11. The highest BCUT2D eigenvalue weighted by molar-refractivity contribution is 9.29. The predicted octanol–water partition coefficient (Wildman–Crippen LogP) is 3.53. The van der Waals surface area contributed by atoms with Crippen LogP contribution in [0.1, 0.15) is 0 Å². The van der Waals surface area contributed by atoms with Gasteiger partial charge in [-0.15, -0.1) is 0 Å². The molecule has 0 radical (unpaired) electrons. The summed E-state index contributed by atoms with van der Waals surface area (Å²) in [4.78, 5) is 0. The van der Waals surface area contributed by atoms with Gasteiger partial charge in [-0.2, -0.15) is 0 Å². The first-order chi connectivity index (χ1) is 5.70. The summed E-state index contributed by atoms with van der Waals surface area (Å²) in [7, 11) is 8.85. The van der Waals surface area contributed by atoms with Crippen molar-refractivity contribution >= 4 is 74.4 Å². The first-order valence-corrected chi connectivity index (χ1v) is 8.17. The van der Waals surface area contributed by atoms with Gasteiger partial charge in [-0.1, -0.05) is 0 Å². The van der Waals surface area contributed by atoms with Gasteiger partial charge in [-0.3, -0.25) is 0 Å². The second kappa shape index (κ2) is 8.76. The van der Waals surface area contributed by atoms with Crippen molar-refractivity contribution in [2.24, 2.45) is 0 Å². The number of hydrogen-bond acceptors (Lipinski definition) is 8. The third-order valence-corrected chi connectivity index (χ3v) is 7.54. The topological polar surface area (TPSA) is 18.5 Å². The molecule has 0 aromatic rings. The van der Waals surface area contributed by atoms with Gasteiger partial charge in [0.25, 0.3) is 0 Å². The summed E-state index contributed by atoms with van der Waals surface area (Å²) >= 11 is 9.59. The van der Waals surface area contributed by atoms with Gasteiger partial charge in [0.05, 0.1) is 14.2 Å². The average molecular weight is 278 g/mol. The van der Waals surface area contributed by atoms with E-state index in [1.165, 1.54) is 41.2 Å². The van der Waals surface area contributed by atoms with Crippen LogP contribution in [0.25, 0.3) is 0 Å². The third kappa shape index (κ3) is 7.81. The largest absolute Gasteiger partial charge is 0.481 e. The van der Waals surface area contributed by atoms with Crippen molar-refractivity contribution in [2.75, 3.05) is 14.2 Å². The maximum Gasteiger partial charge on any atom is 0.231 e. The van der Waals surface area contributed by atoms with E-state index in [4.69, 9.17) is 33.9 Å². The van der Waals surface area contributed by atoms with Crippen LogP contribution >= 0.6 is 65.7 Å². The normalized spacial score (nSPS) is 9.17. The molecule has 0 aromatic carbocycles. The zero-order valence-corrected chi connectivity index (χ0v) is 11.2. The number of methoxy groups -OCH3 is 2. The molecule has 0 bridgehead atoms.